The molecule has 1 saturated carbocycles. The van der Waals surface area contributed by atoms with E-state index in [1.165, 1.54) is 10.7 Å². The quantitative estimate of drug-likeness (QED) is 0.714. The molecule has 2 heterocycles. The fraction of sp³-hybridized carbons (Fsp3) is 0.267. The van der Waals surface area contributed by atoms with Crippen molar-refractivity contribution in [2.45, 2.75) is 18.4 Å². The highest BCUT2D eigenvalue weighted by molar-refractivity contribution is 14.1. The first-order valence-electron chi connectivity index (χ1n) is 6.92. The normalized spacial score (nSPS) is 17.2. The Morgan fingerprint density at radius 1 is 1.57 bits per heavy atom. The smallest absolute Gasteiger partial charge is 0.268 e. The van der Waals surface area contributed by atoms with Crippen LogP contribution in [0.5, 0.6) is 5.75 Å². The van der Waals surface area contributed by atoms with Gasteiger partial charge in [-0.2, -0.15) is 10.4 Å². The number of nitrogens with zero attached hydrogens (tertiary/aromatic N) is 3. The molecule has 0 bridgehead atoms. The summed E-state index contributed by atoms with van der Waals surface area (Å²) in [5, 5.41) is 16.3. The standard InChI is InChI=1S/C15H10FIN4O2/c1-21-12(9(17)6-19-21)11-7(5-18)13-10(4-8(11)16)20-14(22)15(23-13)2-3-15/h4,6H,2-3H2,1H3,(H,20,22). The first-order chi connectivity index (χ1) is 11.0. The van der Waals surface area contributed by atoms with Gasteiger partial charge in [-0.1, -0.05) is 0 Å². The molecule has 1 aliphatic heterocycles. The molecule has 1 fully saturated rings. The van der Waals surface area contributed by atoms with Crippen molar-refractivity contribution in [1.82, 2.24) is 9.78 Å². The van der Waals surface area contributed by atoms with Crippen LogP contribution in [0.25, 0.3) is 11.3 Å². The van der Waals surface area contributed by atoms with E-state index in [0.717, 1.165) is 3.57 Å². The largest absolute Gasteiger partial charge is 0.474 e. The lowest BCUT2D eigenvalue weighted by Gasteiger charge is -2.27. The van der Waals surface area contributed by atoms with Crippen molar-refractivity contribution in [3.63, 3.8) is 0 Å². The molecule has 1 spiro atoms. The van der Waals surface area contributed by atoms with E-state index < -0.39 is 11.4 Å². The number of ether oxygens (including phenoxy) is 1. The van der Waals surface area contributed by atoms with Gasteiger partial charge in [-0.25, -0.2) is 4.39 Å². The van der Waals surface area contributed by atoms with Crippen molar-refractivity contribution in [2.75, 3.05) is 5.32 Å². The zero-order chi connectivity index (χ0) is 16.4. The van der Waals surface area contributed by atoms with Crippen LogP contribution < -0.4 is 10.1 Å². The number of fused-ring (bicyclic) bond motifs is 1. The van der Waals surface area contributed by atoms with Crippen molar-refractivity contribution in [2.24, 2.45) is 7.05 Å². The van der Waals surface area contributed by atoms with Crippen LogP contribution >= 0.6 is 22.6 Å². The minimum Gasteiger partial charge on any atom is -0.474 e. The summed E-state index contributed by atoms with van der Waals surface area (Å²) in [6, 6.07) is 3.22. The van der Waals surface area contributed by atoms with E-state index in [1.807, 2.05) is 28.7 Å². The number of hydrogen-bond acceptors (Lipinski definition) is 4. The van der Waals surface area contributed by atoms with Crippen molar-refractivity contribution >= 4 is 34.2 Å². The fourth-order valence-corrected chi connectivity index (χ4v) is 3.52. The molecule has 116 valence electrons. The third-order valence-electron chi connectivity index (χ3n) is 4.14. The molecule has 1 aromatic heterocycles. The summed E-state index contributed by atoms with van der Waals surface area (Å²) in [5.74, 6) is -0.647. The Morgan fingerprint density at radius 2 is 2.30 bits per heavy atom. The monoisotopic (exact) mass is 424 g/mol. The molecule has 0 atom stereocenters. The number of rotatable bonds is 1. The number of nitrogens with one attached hydrogen (secondary N) is 1. The molecule has 1 N–H and O–H groups in total. The maximum Gasteiger partial charge on any atom is 0.268 e. The summed E-state index contributed by atoms with van der Waals surface area (Å²) in [5.41, 5.74) is 0.0264. The Labute approximate surface area is 144 Å². The van der Waals surface area contributed by atoms with E-state index >= 15 is 0 Å². The summed E-state index contributed by atoms with van der Waals surface area (Å²) in [4.78, 5) is 12.0. The van der Waals surface area contributed by atoms with Gasteiger partial charge in [0.1, 0.15) is 17.4 Å². The third kappa shape index (κ3) is 1.96. The van der Waals surface area contributed by atoms with Crippen LogP contribution in [0.15, 0.2) is 12.3 Å². The molecule has 4 rings (SSSR count). The molecule has 23 heavy (non-hydrogen) atoms. The molecule has 0 saturated heterocycles. The number of carbonyl (C=O) groups excluding carboxylic acids is 1. The van der Waals surface area contributed by atoms with Gasteiger partial charge in [0.2, 0.25) is 0 Å². The topological polar surface area (TPSA) is 79.9 Å². The highest BCUT2D eigenvalue weighted by Crippen LogP contribution is 2.50. The van der Waals surface area contributed by atoms with Crippen LogP contribution in [-0.2, 0) is 11.8 Å². The van der Waals surface area contributed by atoms with Crippen molar-refractivity contribution in [3.8, 4) is 23.1 Å². The molecule has 1 aromatic carbocycles. The summed E-state index contributed by atoms with van der Waals surface area (Å²) in [6.07, 6.45) is 2.79. The highest BCUT2D eigenvalue weighted by atomic mass is 127. The van der Waals surface area contributed by atoms with E-state index in [0.29, 0.717) is 18.5 Å². The van der Waals surface area contributed by atoms with Crippen LogP contribution in [0.2, 0.25) is 0 Å². The van der Waals surface area contributed by atoms with Crippen LogP contribution in [0.3, 0.4) is 0 Å². The number of amides is 1. The Bertz CT molecular complexity index is 892. The second kappa shape index (κ2) is 4.67. The molecular formula is C15H10FIN4O2. The first-order valence-corrected chi connectivity index (χ1v) is 7.99. The summed E-state index contributed by atoms with van der Waals surface area (Å²) in [7, 11) is 1.68. The highest BCUT2D eigenvalue weighted by Gasteiger charge is 2.56. The Morgan fingerprint density at radius 3 is 2.87 bits per heavy atom. The van der Waals surface area contributed by atoms with Gasteiger partial charge in [0.15, 0.2) is 11.4 Å². The second-order valence-electron chi connectivity index (χ2n) is 5.61. The SMILES string of the molecule is Cn1ncc(I)c1-c1c(F)cc2c(c1C#N)OC1(CC1)C(=O)N2. The Hall–Kier alpha value is -2.15. The average Bonchev–Trinajstić information content (AvgIpc) is 3.21. The van der Waals surface area contributed by atoms with Gasteiger partial charge in [0, 0.05) is 26.0 Å². The molecule has 1 amide bonds. The zero-order valence-electron chi connectivity index (χ0n) is 12.0. The van der Waals surface area contributed by atoms with Crippen LogP contribution in [0, 0.1) is 20.7 Å². The van der Waals surface area contributed by atoms with Gasteiger partial charge in [-0.3, -0.25) is 9.48 Å². The molecule has 0 radical (unpaired) electrons. The Balaban J connectivity index is 2.00. The number of halogens is 2. The minimum absolute atomic E-state index is 0.0767. The van der Waals surface area contributed by atoms with Crippen molar-refractivity contribution in [3.05, 3.63) is 27.2 Å². The maximum absolute atomic E-state index is 14.7. The molecular weight excluding hydrogens is 414 g/mol. The van der Waals surface area contributed by atoms with E-state index in [9.17, 15) is 14.4 Å². The van der Waals surface area contributed by atoms with Gasteiger partial charge < -0.3 is 10.1 Å². The Kier molecular flexibility index (Phi) is 2.93. The van der Waals surface area contributed by atoms with E-state index in [4.69, 9.17) is 4.74 Å². The number of carbonyl (C=O) groups is 1. The van der Waals surface area contributed by atoms with Gasteiger partial charge >= 0.3 is 0 Å². The van der Waals surface area contributed by atoms with Gasteiger partial charge in [0.25, 0.3) is 5.91 Å². The zero-order valence-corrected chi connectivity index (χ0v) is 14.1. The molecule has 6 nitrogen and oxygen atoms in total. The number of anilines is 1. The first kappa shape index (κ1) is 14.4. The second-order valence-corrected chi connectivity index (χ2v) is 6.77. The summed E-state index contributed by atoms with van der Waals surface area (Å²) < 4.78 is 22.7. The van der Waals surface area contributed by atoms with Gasteiger partial charge in [-0.15, -0.1) is 0 Å². The predicted molar refractivity (Wildman–Crippen MR) is 87.3 cm³/mol. The minimum atomic E-state index is -0.896. The lowest BCUT2D eigenvalue weighted by atomic mass is 10.0. The average molecular weight is 424 g/mol. The maximum atomic E-state index is 14.7. The molecule has 8 heteroatoms. The van der Waals surface area contributed by atoms with Crippen LogP contribution in [0.4, 0.5) is 10.1 Å². The molecule has 2 aliphatic rings. The van der Waals surface area contributed by atoms with Crippen LogP contribution in [0.1, 0.15) is 18.4 Å². The molecule has 0 unspecified atom stereocenters. The van der Waals surface area contributed by atoms with Crippen LogP contribution in [-0.4, -0.2) is 21.3 Å². The van der Waals surface area contributed by atoms with E-state index in [-0.39, 0.29) is 28.5 Å². The fourth-order valence-electron chi connectivity index (χ4n) is 2.78. The summed E-state index contributed by atoms with van der Waals surface area (Å²) >= 11 is 2.04. The van der Waals surface area contributed by atoms with Gasteiger partial charge in [-0.05, 0) is 22.6 Å². The van der Waals surface area contributed by atoms with Crippen molar-refractivity contribution < 1.29 is 13.9 Å². The lowest BCUT2D eigenvalue weighted by molar-refractivity contribution is -0.125. The number of aryl methyl sites for hydroxylation is 1. The molecule has 2 aromatic rings. The lowest BCUT2D eigenvalue weighted by Crippen LogP contribution is -2.39. The predicted octanol–water partition coefficient (Wildman–Crippen LogP) is 2.57. The number of aromatic nitrogens is 2. The van der Waals surface area contributed by atoms with Gasteiger partial charge in [0.05, 0.1) is 26.7 Å². The number of hydrogen-bond donors (Lipinski definition) is 1. The number of nitriles is 1. The van der Waals surface area contributed by atoms with E-state index in [2.05, 4.69) is 10.4 Å². The molecule has 1 aliphatic carbocycles. The van der Waals surface area contributed by atoms with Crippen molar-refractivity contribution in [1.29, 1.82) is 5.26 Å². The summed E-state index contributed by atoms with van der Waals surface area (Å²) in [6.45, 7) is 0. The van der Waals surface area contributed by atoms with E-state index in [1.54, 1.807) is 13.2 Å². The number of benzene rings is 1. The third-order valence-corrected chi connectivity index (χ3v) is 4.93.